The minimum Gasteiger partial charge on any atom is -0.323 e. The van der Waals surface area contributed by atoms with E-state index in [0.717, 1.165) is 16.8 Å². The highest BCUT2D eigenvalue weighted by atomic mass is 32.2. The summed E-state index contributed by atoms with van der Waals surface area (Å²) >= 11 is 0. The second-order valence-corrected chi connectivity index (χ2v) is 11.2. The molecular weight excluding hydrogens is 429 g/mol. The number of rotatable bonds is 6. The van der Waals surface area contributed by atoms with Crippen molar-refractivity contribution >= 4 is 27.5 Å². The summed E-state index contributed by atoms with van der Waals surface area (Å²) < 4.78 is 38.8. The highest BCUT2D eigenvalue weighted by Crippen LogP contribution is 2.25. The second-order valence-electron chi connectivity index (χ2n) is 8.47. The van der Waals surface area contributed by atoms with Crippen LogP contribution in [0.25, 0.3) is 17.3 Å². The Bertz CT molecular complexity index is 1240. The number of benzene rings is 2. The van der Waals surface area contributed by atoms with Crippen LogP contribution >= 0.6 is 0 Å². The maximum absolute atomic E-state index is 13.2. The number of carbonyl (C=O) groups excluding carboxylic acids is 1. The monoisotopic (exact) mass is 455 g/mol. The number of nitrogens with zero attached hydrogens (tertiary/aromatic N) is 2. The topological polar surface area (TPSA) is 81.1 Å². The van der Waals surface area contributed by atoms with E-state index in [9.17, 15) is 17.6 Å². The number of aromatic nitrogens is 2. The number of anilines is 1. The molecule has 1 amide bonds. The molecule has 6 nitrogen and oxygen atoms in total. The van der Waals surface area contributed by atoms with Crippen LogP contribution in [0, 0.1) is 5.82 Å². The number of aryl methyl sites for hydroxylation is 1. The molecule has 32 heavy (non-hydrogen) atoms. The summed E-state index contributed by atoms with van der Waals surface area (Å²) in [5.74, 6) is -0.721. The molecule has 0 saturated carbocycles. The first-order valence-corrected chi connectivity index (χ1v) is 11.7. The van der Waals surface area contributed by atoms with E-state index in [-0.39, 0.29) is 17.5 Å². The summed E-state index contributed by atoms with van der Waals surface area (Å²) in [7, 11) is -1.51. The highest BCUT2D eigenvalue weighted by Gasteiger charge is 2.28. The van der Waals surface area contributed by atoms with Crippen molar-refractivity contribution in [3.63, 3.8) is 0 Å². The van der Waals surface area contributed by atoms with Crippen LogP contribution in [0.2, 0.25) is 0 Å². The van der Waals surface area contributed by atoms with E-state index in [0.29, 0.717) is 11.3 Å². The first-order valence-electron chi connectivity index (χ1n) is 10.0. The van der Waals surface area contributed by atoms with Gasteiger partial charge in [0.1, 0.15) is 5.82 Å². The lowest BCUT2D eigenvalue weighted by Crippen LogP contribution is -2.29. The standard InChI is InChI=1S/C24H26FN3O3S/c1-24(2,3)32(30,31)16-17-5-12-21(13-6-17)27-22(29)14-9-19-15-26-28(4)23(19)18-7-10-20(25)11-8-18/h5-15H,16H2,1-4H3,(H,27,29). The maximum atomic E-state index is 13.2. The average Bonchev–Trinajstić information content (AvgIpc) is 3.08. The lowest BCUT2D eigenvalue weighted by molar-refractivity contribution is -0.111. The molecule has 168 valence electrons. The van der Waals surface area contributed by atoms with Gasteiger partial charge < -0.3 is 5.32 Å². The minimum atomic E-state index is -3.28. The normalized spacial score (nSPS) is 12.3. The Kier molecular flexibility index (Phi) is 6.64. The Morgan fingerprint density at radius 2 is 1.72 bits per heavy atom. The van der Waals surface area contributed by atoms with Crippen molar-refractivity contribution in [2.45, 2.75) is 31.3 Å². The van der Waals surface area contributed by atoms with E-state index in [1.165, 1.54) is 18.2 Å². The van der Waals surface area contributed by atoms with Crippen LogP contribution in [0.5, 0.6) is 0 Å². The van der Waals surface area contributed by atoms with Crippen molar-refractivity contribution in [1.82, 2.24) is 9.78 Å². The summed E-state index contributed by atoms with van der Waals surface area (Å²) in [6.07, 6.45) is 4.67. The van der Waals surface area contributed by atoms with E-state index in [2.05, 4.69) is 10.4 Å². The largest absolute Gasteiger partial charge is 0.323 e. The van der Waals surface area contributed by atoms with Crippen molar-refractivity contribution in [3.05, 3.63) is 77.7 Å². The number of hydrogen-bond acceptors (Lipinski definition) is 4. The van der Waals surface area contributed by atoms with E-state index in [1.807, 2.05) is 0 Å². The lowest BCUT2D eigenvalue weighted by atomic mass is 10.1. The van der Waals surface area contributed by atoms with Crippen molar-refractivity contribution in [2.24, 2.45) is 7.05 Å². The predicted octanol–water partition coefficient (Wildman–Crippen LogP) is 4.59. The molecule has 0 fully saturated rings. The third-order valence-corrected chi connectivity index (χ3v) is 7.59. The number of sulfone groups is 1. The van der Waals surface area contributed by atoms with Crippen LogP contribution in [0.3, 0.4) is 0 Å². The SMILES string of the molecule is Cn1ncc(C=CC(=O)Nc2ccc(CS(=O)(=O)C(C)(C)C)cc2)c1-c1ccc(F)cc1. The zero-order valence-electron chi connectivity index (χ0n) is 18.5. The van der Waals surface area contributed by atoms with Crippen LogP contribution in [0.1, 0.15) is 31.9 Å². The second kappa shape index (κ2) is 9.08. The van der Waals surface area contributed by atoms with Gasteiger partial charge in [0.15, 0.2) is 9.84 Å². The third kappa shape index (κ3) is 5.50. The third-order valence-electron chi connectivity index (χ3n) is 5.01. The summed E-state index contributed by atoms with van der Waals surface area (Å²) in [4.78, 5) is 12.4. The Balaban J connectivity index is 1.69. The molecular formula is C24H26FN3O3S. The van der Waals surface area contributed by atoms with Crippen LogP contribution in [0.15, 0.2) is 60.8 Å². The van der Waals surface area contributed by atoms with Gasteiger partial charge in [-0.15, -0.1) is 0 Å². The molecule has 2 aromatic carbocycles. The Labute approximate surface area is 187 Å². The van der Waals surface area contributed by atoms with Crippen molar-refractivity contribution in [3.8, 4) is 11.3 Å². The molecule has 1 heterocycles. The molecule has 0 spiro atoms. The Morgan fingerprint density at radius 1 is 1.09 bits per heavy atom. The molecule has 0 bridgehead atoms. The van der Waals surface area contributed by atoms with E-state index < -0.39 is 14.6 Å². The van der Waals surface area contributed by atoms with Crippen LogP contribution in [0.4, 0.5) is 10.1 Å². The van der Waals surface area contributed by atoms with Crippen LogP contribution in [-0.2, 0) is 27.4 Å². The molecule has 0 radical (unpaired) electrons. The van der Waals surface area contributed by atoms with Gasteiger partial charge in [-0.1, -0.05) is 12.1 Å². The van der Waals surface area contributed by atoms with Crippen molar-refractivity contribution in [2.75, 3.05) is 5.32 Å². The summed E-state index contributed by atoms with van der Waals surface area (Å²) in [6.45, 7) is 5.02. The van der Waals surface area contributed by atoms with Crippen molar-refractivity contribution in [1.29, 1.82) is 0 Å². The molecule has 0 aliphatic heterocycles. The number of amides is 1. The first kappa shape index (κ1) is 23.4. The predicted molar refractivity (Wildman–Crippen MR) is 125 cm³/mol. The fraction of sp³-hybridized carbons (Fsp3) is 0.250. The molecule has 0 unspecified atom stereocenters. The first-order chi connectivity index (χ1) is 15.0. The quantitative estimate of drug-likeness (QED) is 0.551. The van der Waals surface area contributed by atoms with Gasteiger partial charge in [-0.2, -0.15) is 5.10 Å². The van der Waals surface area contributed by atoms with E-state index in [1.54, 1.807) is 81.2 Å². The Morgan fingerprint density at radius 3 is 2.31 bits per heavy atom. The van der Waals surface area contributed by atoms with Crippen molar-refractivity contribution < 1.29 is 17.6 Å². The molecule has 3 aromatic rings. The molecule has 0 aliphatic carbocycles. The van der Waals surface area contributed by atoms with E-state index in [4.69, 9.17) is 0 Å². The maximum Gasteiger partial charge on any atom is 0.248 e. The molecule has 1 N–H and O–H groups in total. The summed E-state index contributed by atoms with van der Waals surface area (Å²) in [5.41, 5.74) is 3.48. The fourth-order valence-corrected chi connectivity index (χ4v) is 4.07. The minimum absolute atomic E-state index is 0.0577. The fourth-order valence-electron chi connectivity index (χ4n) is 3.01. The number of carbonyl (C=O) groups is 1. The van der Waals surface area contributed by atoms with Gasteiger partial charge in [0.05, 0.1) is 22.4 Å². The van der Waals surface area contributed by atoms with Crippen LogP contribution in [-0.4, -0.2) is 28.9 Å². The molecule has 0 saturated heterocycles. The average molecular weight is 456 g/mol. The zero-order chi connectivity index (χ0) is 23.5. The van der Waals surface area contributed by atoms with Gasteiger partial charge in [-0.05, 0) is 68.8 Å². The number of halogens is 1. The highest BCUT2D eigenvalue weighted by molar-refractivity contribution is 7.91. The van der Waals surface area contributed by atoms with E-state index >= 15 is 0 Å². The molecule has 0 atom stereocenters. The van der Waals surface area contributed by atoms with Gasteiger partial charge in [0.25, 0.3) is 0 Å². The molecule has 8 heteroatoms. The van der Waals surface area contributed by atoms with Gasteiger partial charge >= 0.3 is 0 Å². The van der Waals surface area contributed by atoms with Gasteiger partial charge in [-0.3, -0.25) is 9.48 Å². The zero-order valence-corrected chi connectivity index (χ0v) is 19.3. The number of nitrogens with one attached hydrogen (secondary N) is 1. The smallest absolute Gasteiger partial charge is 0.248 e. The van der Waals surface area contributed by atoms with Crippen LogP contribution < -0.4 is 5.32 Å². The number of hydrogen-bond donors (Lipinski definition) is 1. The lowest BCUT2D eigenvalue weighted by Gasteiger charge is -2.19. The van der Waals surface area contributed by atoms with Gasteiger partial charge in [0.2, 0.25) is 5.91 Å². The Hall–Kier alpha value is -3.26. The van der Waals surface area contributed by atoms with Gasteiger partial charge in [-0.25, -0.2) is 12.8 Å². The summed E-state index contributed by atoms with van der Waals surface area (Å²) in [6, 6.07) is 12.8. The molecule has 0 aliphatic rings. The molecule has 1 aromatic heterocycles. The van der Waals surface area contributed by atoms with Gasteiger partial charge in [0, 0.05) is 29.9 Å². The molecule has 3 rings (SSSR count). The summed E-state index contributed by atoms with van der Waals surface area (Å²) in [5, 5.41) is 6.98.